The van der Waals surface area contributed by atoms with Gasteiger partial charge in [0.25, 0.3) is 0 Å². The van der Waals surface area contributed by atoms with E-state index < -0.39 is 6.10 Å². The molecule has 0 saturated heterocycles. The number of nitrogens with one attached hydrogen (secondary N) is 2. The lowest BCUT2D eigenvalue weighted by Gasteiger charge is -2.27. The summed E-state index contributed by atoms with van der Waals surface area (Å²) in [4.78, 5) is 12.9. The summed E-state index contributed by atoms with van der Waals surface area (Å²) < 4.78 is 5.27. The molecule has 5 nitrogen and oxygen atoms in total. The summed E-state index contributed by atoms with van der Waals surface area (Å²) in [6.45, 7) is 5.20. The van der Waals surface area contributed by atoms with E-state index in [0.717, 1.165) is 42.6 Å². The van der Waals surface area contributed by atoms with Crippen molar-refractivity contribution in [2.24, 2.45) is 5.92 Å². The Morgan fingerprint density at radius 2 is 1.81 bits per heavy atom. The van der Waals surface area contributed by atoms with Gasteiger partial charge in [0.05, 0.1) is 19.3 Å². The fourth-order valence-corrected chi connectivity index (χ4v) is 3.71. The molecular weight excluding hydrogens is 388 g/mol. The quantitative estimate of drug-likeness (QED) is 0.426. The van der Waals surface area contributed by atoms with E-state index in [2.05, 4.69) is 24.5 Å². The molecule has 0 saturated carbocycles. The number of benzene rings is 2. The van der Waals surface area contributed by atoms with Gasteiger partial charge >= 0.3 is 0 Å². The molecular formula is C26H38N2O3. The van der Waals surface area contributed by atoms with Gasteiger partial charge in [-0.05, 0) is 42.5 Å². The van der Waals surface area contributed by atoms with E-state index in [4.69, 9.17) is 4.74 Å². The molecule has 5 heteroatoms. The Bertz CT molecular complexity index is 766. The minimum Gasteiger partial charge on any atom is -0.497 e. The van der Waals surface area contributed by atoms with Crippen LogP contribution in [-0.4, -0.2) is 36.8 Å². The summed E-state index contributed by atoms with van der Waals surface area (Å²) in [5.74, 6) is 0.852. The predicted molar refractivity (Wildman–Crippen MR) is 126 cm³/mol. The van der Waals surface area contributed by atoms with E-state index in [1.165, 1.54) is 0 Å². The van der Waals surface area contributed by atoms with Crippen LogP contribution in [0.1, 0.15) is 50.7 Å². The third-order valence-electron chi connectivity index (χ3n) is 5.68. The van der Waals surface area contributed by atoms with Crippen LogP contribution in [-0.2, 0) is 17.8 Å². The number of methoxy groups -OCH3 is 1. The minimum absolute atomic E-state index is 0.00448. The maximum atomic E-state index is 12.9. The molecule has 0 fully saturated rings. The second-order valence-corrected chi connectivity index (χ2v) is 8.10. The van der Waals surface area contributed by atoms with Crippen molar-refractivity contribution < 1.29 is 14.6 Å². The van der Waals surface area contributed by atoms with Crippen LogP contribution in [0.25, 0.3) is 0 Å². The minimum atomic E-state index is -0.696. The Morgan fingerprint density at radius 1 is 1.06 bits per heavy atom. The van der Waals surface area contributed by atoms with Gasteiger partial charge in [0.15, 0.2) is 0 Å². The highest BCUT2D eigenvalue weighted by Crippen LogP contribution is 2.15. The van der Waals surface area contributed by atoms with Crippen molar-refractivity contribution in [1.29, 1.82) is 0 Å². The number of hydrogen-bond donors (Lipinski definition) is 3. The van der Waals surface area contributed by atoms with Gasteiger partial charge in [-0.15, -0.1) is 0 Å². The summed E-state index contributed by atoms with van der Waals surface area (Å²) in [5, 5.41) is 17.4. The summed E-state index contributed by atoms with van der Waals surface area (Å²) in [6.07, 6.45) is 3.72. The highest BCUT2D eigenvalue weighted by Gasteiger charge is 2.25. The number of ether oxygens (including phenoxy) is 1. The average Bonchev–Trinajstić information content (AvgIpc) is 2.80. The van der Waals surface area contributed by atoms with Gasteiger partial charge in [0.2, 0.25) is 5.91 Å². The molecule has 2 aromatic rings. The lowest BCUT2D eigenvalue weighted by atomic mass is 9.96. The summed E-state index contributed by atoms with van der Waals surface area (Å²) in [5.41, 5.74) is 2.18. The van der Waals surface area contributed by atoms with E-state index in [-0.39, 0.29) is 17.9 Å². The topological polar surface area (TPSA) is 70.6 Å². The van der Waals surface area contributed by atoms with Crippen molar-refractivity contribution in [3.05, 3.63) is 65.7 Å². The molecule has 170 valence electrons. The third kappa shape index (κ3) is 8.72. The summed E-state index contributed by atoms with van der Waals surface area (Å²) in [7, 11) is 1.65. The maximum absolute atomic E-state index is 12.9. The molecule has 0 radical (unpaired) electrons. The van der Waals surface area contributed by atoms with Gasteiger partial charge in [0, 0.05) is 19.0 Å². The van der Waals surface area contributed by atoms with E-state index in [1.807, 2.05) is 54.6 Å². The van der Waals surface area contributed by atoms with Crippen molar-refractivity contribution in [3.63, 3.8) is 0 Å². The van der Waals surface area contributed by atoms with Crippen molar-refractivity contribution >= 4 is 5.91 Å². The monoisotopic (exact) mass is 426 g/mol. The fourth-order valence-electron chi connectivity index (χ4n) is 3.71. The highest BCUT2D eigenvalue weighted by atomic mass is 16.5. The van der Waals surface area contributed by atoms with Gasteiger partial charge in [-0.3, -0.25) is 4.79 Å². The Kier molecular flexibility index (Phi) is 11.1. The number of hydrogen-bond acceptors (Lipinski definition) is 4. The Hall–Kier alpha value is -2.37. The van der Waals surface area contributed by atoms with Gasteiger partial charge in [0.1, 0.15) is 5.75 Å². The highest BCUT2D eigenvalue weighted by molar-refractivity contribution is 5.79. The van der Waals surface area contributed by atoms with Gasteiger partial charge in [-0.25, -0.2) is 0 Å². The molecule has 2 rings (SSSR count). The van der Waals surface area contributed by atoms with Crippen molar-refractivity contribution in [2.75, 3.05) is 13.7 Å². The normalized spacial score (nSPS) is 13.9. The van der Waals surface area contributed by atoms with Crippen molar-refractivity contribution in [1.82, 2.24) is 10.6 Å². The van der Waals surface area contributed by atoms with Crippen LogP contribution in [0.3, 0.4) is 0 Å². The zero-order valence-electron chi connectivity index (χ0n) is 19.1. The molecule has 0 aliphatic heterocycles. The molecule has 0 aliphatic carbocycles. The molecule has 1 unspecified atom stereocenters. The van der Waals surface area contributed by atoms with Crippen LogP contribution in [0, 0.1) is 5.92 Å². The molecule has 1 amide bonds. The van der Waals surface area contributed by atoms with E-state index in [9.17, 15) is 9.90 Å². The van der Waals surface area contributed by atoms with Crippen LogP contribution in [0.15, 0.2) is 54.6 Å². The average molecular weight is 427 g/mol. The molecule has 0 aromatic heterocycles. The van der Waals surface area contributed by atoms with E-state index in [0.29, 0.717) is 19.5 Å². The lowest BCUT2D eigenvalue weighted by Crippen LogP contribution is -2.50. The SMILES string of the molecule is CCCCC(CC)C(=O)N[C@@H](Cc1ccccc1)[C@H](O)CNCc1cccc(OC)c1. The maximum Gasteiger partial charge on any atom is 0.223 e. The Morgan fingerprint density at radius 3 is 2.48 bits per heavy atom. The summed E-state index contributed by atoms with van der Waals surface area (Å²) >= 11 is 0. The van der Waals surface area contributed by atoms with Crippen LogP contribution < -0.4 is 15.4 Å². The molecule has 0 bridgehead atoms. The third-order valence-corrected chi connectivity index (χ3v) is 5.68. The molecule has 3 atom stereocenters. The number of aliphatic hydroxyl groups excluding tert-OH is 1. The van der Waals surface area contributed by atoms with E-state index in [1.54, 1.807) is 7.11 Å². The number of carbonyl (C=O) groups excluding carboxylic acids is 1. The van der Waals surface area contributed by atoms with Crippen LogP contribution in [0.5, 0.6) is 5.75 Å². The number of rotatable bonds is 14. The number of carbonyl (C=O) groups is 1. The number of amides is 1. The van der Waals surface area contributed by atoms with Crippen LogP contribution >= 0.6 is 0 Å². The van der Waals surface area contributed by atoms with Crippen molar-refractivity contribution in [3.8, 4) is 5.75 Å². The van der Waals surface area contributed by atoms with Gasteiger partial charge < -0.3 is 20.5 Å². The first-order chi connectivity index (χ1) is 15.1. The first-order valence-electron chi connectivity index (χ1n) is 11.4. The zero-order valence-corrected chi connectivity index (χ0v) is 19.1. The van der Waals surface area contributed by atoms with Crippen LogP contribution in [0.4, 0.5) is 0 Å². The molecule has 3 N–H and O–H groups in total. The number of aliphatic hydroxyl groups is 1. The first-order valence-corrected chi connectivity index (χ1v) is 11.4. The van der Waals surface area contributed by atoms with Gasteiger partial charge in [-0.1, -0.05) is 69.2 Å². The lowest BCUT2D eigenvalue weighted by molar-refractivity contribution is -0.127. The predicted octanol–water partition coefficient (Wildman–Crippen LogP) is 4.09. The Labute approximate surface area is 187 Å². The van der Waals surface area contributed by atoms with Crippen molar-refractivity contribution in [2.45, 2.75) is 64.6 Å². The first kappa shape index (κ1) is 24.9. The Balaban J connectivity index is 1.99. The van der Waals surface area contributed by atoms with E-state index >= 15 is 0 Å². The fraction of sp³-hybridized carbons (Fsp3) is 0.500. The second-order valence-electron chi connectivity index (χ2n) is 8.10. The van der Waals surface area contributed by atoms with Crippen LogP contribution in [0.2, 0.25) is 0 Å². The number of unbranched alkanes of at least 4 members (excludes halogenated alkanes) is 1. The zero-order chi connectivity index (χ0) is 22.5. The standard InChI is InChI=1S/C26H38N2O3/c1-4-6-14-22(5-2)26(30)28-24(17-20-11-8-7-9-12-20)25(29)19-27-18-21-13-10-15-23(16-21)31-3/h7-13,15-16,22,24-25,27,29H,4-6,14,17-19H2,1-3H3,(H,28,30)/t22?,24-,25+/m0/s1. The molecule has 2 aromatic carbocycles. The second kappa shape index (κ2) is 13.8. The summed E-state index contributed by atoms with van der Waals surface area (Å²) in [6, 6.07) is 17.5. The molecule has 0 spiro atoms. The largest absolute Gasteiger partial charge is 0.497 e. The molecule has 0 aliphatic rings. The smallest absolute Gasteiger partial charge is 0.223 e. The van der Waals surface area contributed by atoms with Gasteiger partial charge in [-0.2, -0.15) is 0 Å². The molecule has 31 heavy (non-hydrogen) atoms. The molecule has 0 heterocycles.